The Morgan fingerprint density at radius 2 is 1.09 bits per heavy atom. The Morgan fingerprint density at radius 1 is 0.719 bits per heavy atom. The molecule has 0 amide bonds. The van der Waals surface area contributed by atoms with Gasteiger partial charge in [0.25, 0.3) is 0 Å². The average Bonchev–Trinajstić information content (AvgIpc) is 2.74. The van der Waals surface area contributed by atoms with Crippen LogP contribution in [0.4, 0.5) is 0 Å². The first-order chi connectivity index (χ1) is 15.0. The fourth-order valence-corrected chi connectivity index (χ4v) is 7.23. The first-order valence-electron chi connectivity index (χ1n) is 9.90. The summed E-state index contributed by atoms with van der Waals surface area (Å²) in [7, 11) is -9.45. The summed E-state index contributed by atoms with van der Waals surface area (Å²) in [6.07, 6.45) is 1.03. The summed E-state index contributed by atoms with van der Waals surface area (Å²) in [5.41, 5.74) is 0. The molecule has 0 aliphatic carbocycles. The number of nitro groups is 2. The second-order valence-corrected chi connectivity index (χ2v) is 11.3. The smallest absolute Gasteiger partial charge is 0.263 e. The second kappa shape index (κ2) is 10.6. The maximum atomic E-state index is 13.2. The Labute approximate surface area is 186 Å². The van der Waals surface area contributed by atoms with Crippen molar-refractivity contribution in [2.75, 3.05) is 0 Å². The summed E-state index contributed by atoms with van der Waals surface area (Å²) >= 11 is 0. The zero-order chi connectivity index (χ0) is 23.9. The zero-order valence-corrected chi connectivity index (χ0v) is 18.9. The number of nitrogens with zero attached hydrogens (tertiary/aromatic N) is 2. The molecule has 10 nitrogen and oxygen atoms in total. The van der Waals surface area contributed by atoms with E-state index in [0.717, 1.165) is 24.3 Å². The van der Waals surface area contributed by atoms with Crippen LogP contribution in [0.25, 0.3) is 0 Å². The molecule has 0 aliphatic rings. The summed E-state index contributed by atoms with van der Waals surface area (Å²) in [6, 6.07) is 13.0. The molecule has 0 heterocycles. The molecule has 0 aromatic heterocycles. The normalized spacial score (nSPS) is 14.9. The van der Waals surface area contributed by atoms with E-state index in [9.17, 15) is 37.1 Å². The summed E-state index contributed by atoms with van der Waals surface area (Å²) < 4.78 is 52.7. The Kier molecular flexibility index (Phi) is 8.44. The summed E-state index contributed by atoms with van der Waals surface area (Å²) in [4.78, 5) is 20.9. The van der Waals surface area contributed by atoms with E-state index in [1.807, 2.05) is 6.92 Å². The summed E-state index contributed by atoms with van der Waals surface area (Å²) in [6.45, 7) is 1.83. The van der Waals surface area contributed by atoms with Crippen molar-refractivity contribution >= 4 is 19.7 Å². The molecule has 2 atom stereocenters. The van der Waals surface area contributed by atoms with Gasteiger partial charge in [-0.1, -0.05) is 62.6 Å². The van der Waals surface area contributed by atoms with Crippen molar-refractivity contribution in [3.63, 3.8) is 0 Å². The lowest BCUT2D eigenvalue weighted by molar-refractivity contribution is -0.546. The minimum absolute atomic E-state index is 0.199. The Balaban J connectivity index is 2.70. The van der Waals surface area contributed by atoms with E-state index in [4.69, 9.17) is 0 Å². The van der Waals surface area contributed by atoms with Gasteiger partial charge in [0.1, 0.15) is 5.92 Å². The number of hydrogen-bond acceptors (Lipinski definition) is 8. The topological polar surface area (TPSA) is 155 Å². The van der Waals surface area contributed by atoms with E-state index in [0.29, 0.717) is 12.8 Å². The Bertz CT molecular complexity index is 1050. The van der Waals surface area contributed by atoms with E-state index < -0.39 is 56.0 Å². The lowest BCUT2D eigenvalue weighted by Gasteiger charge is -2.24. The predicted molar refractivity (Wildman–Crippen MR) is 116 cm³/mol. The molecule has 2 aromatic rings. The molecule has 0 bridgehead atoms. The van der Waals surface area contributed by atoms with Crippen molar-refractivity contribution in [3.8, 4) is 0 Å². The molecule has 0 fully saturated rings. The molecular formula is C20H24N2O8S2. The average molecular weight is 485 g/mol. The van der Waals surface area contributed by atoms with E-state index in [2.05, 4.69) is 0 Å². The van der Waals surface area contributed by atoms with Crippen molar-refractivity contribution in [1.82, 2.24) is 0 Å². The van der Waals surface area contributed by atoms with Crippen LogP contribution in [0.5, 0.6) is 0 Å². The van der Waals surface area contributed by atoms with Gasteiger partial charge in [-0.05, 0) is 30.7 Å². The van der Waals surface area contributed by atoms with Crippen LogP contribution >= 0.6 is 0 Å². The molecule has 2 aromatic carbocycles. The van der Waals surface area contributed by atoms with Gasteiger partial charge in [-0.3, -0.25) is 20.2 Å². The van der Waals surface area contributed by atoms with Gasteiger partial charge < -0.3 is 0 Å². The highest BCUT2D eigenvalue weighted by molar-refractivity contribution is 7.92. The maximum absolute atomic E-state index is 13.2. The molecule has 0 saturated carbocycles. The lowest BCUT2D eigenvalue weighted by atomic mass is 10.0. The number of unbranched alkanes of at least 4 members (excludes halogenated alkanes) is 2. The lowest BCUT2D eigenvalue weighted by Crippen LogP contribution is -2.48. The minimum Gasteiger partial charge on any atom is -0.263 e. The Morgan fingerprint density at radius 3 is 1.41 bits per heavy atom. The third-order valence-electron chi connectivity index (χ3n) is 5.07. The van der Waals surface area contributed by atoms with Gasteiger partial charge in [0.15, 0.2) is 0 Å². The van der Waals surface area contributed by atoms with Crippen LogP contribution in [0, 0.1) is 26.1 Å². The van der Waals surface area contributed by atoms with Crippen molar-refractivity contribution in [3.05, 3.63) is 80.9 Å². The molecule has 0 N–H and O–H groups in total. The van der Waals surface area contributed by atoms with Crippen LogP contribution in [0.1, 0.15) is 32.6 Å². The van der Waals surface area contributed by atoms with Gasteiger partial charge >= 0.3 is 10.7 Å². The van der Waals surface area contributed by atoms with Crippen molar-refractivity contribution in [2.45, 2.75) is 53.1 Å². The quantitative estimate of drug-likeness (QED) is 0.252. The van der Waals surface area contributed by atoms with Gasteiger partial charge in [-0.2, -0.15) is 0 Å². The van der Waals surface area contributed by atoms with E-state index in [1.165, 1.54) is 36.4 Å². The van der Waals surface area contributed by atoms with Crippen LogP contribution in [0.2, 0.25) is 0 Å². The van der Waals surface area contributed by atoms with Gasteiger partial charge in [0, 0.05) is 9.85 Å². The van der Waals surface area contributed by atoms with Crippen LogP contribution in [0.3, 0.4) is 0 Å². The third kappa shape index (κ3) is 5.49. The summed E-state index contributed by atoms with van der Waals surface area (Å²) in [5, 5.41) is 19.0. The van der Waals surface area contributed by atoms with Crippen molar-refractivity contribution < 1.29 is 26.7 Å². The first-order valence-corrected chi connectivity index (χ1v) is 13.0. The fourth-order valence-electron chi connectivity index (χ4n) is 3.55. The summed E-state index contributed by atoms with van der Waals surface area (Å²) in [5.74, 6) is -1.90. The maximum Gasteiger partial charge on any atom is 0.325 e. The second-order valence-electron chi connectivity index (χ2n) is 7.23. The largest absolute Gasteiger partial charge is 0.325 e. The highest BCUT2D eigenvalue weighted by Crippen LogP contribution is 2.34. The zero-order valence-electron chi connectivity index (χ0n) is 17.3. The minimum atomic E-state index is -4.73. The van der Waals surface area contributed by atoms with E-state index >= 15 is 0 Å². The van der Waals surface area contributed by atoms with Crippen molar-refractivity contribution in [2.24, 2.45) is 5.92 Å². The number of sulfone groups is 2. The molecule has 174 valence electrons. The predicted octanol–water partition coefficient (Wildman–Crippen LogP) is 3.34. The van der Waals surface area contributed by atoms with Crippen molar-refractivity contribution in [1.29, 1.82) is 0 Å². The Hall–Kier alpha value is -2.86. The van der Waals surface area contributed by atoms with Crippen LogP contribution in [-0.4, -0.2) is 37.4 Å². The number of benzene rings is 2. The molecule has 32 heavy (non-hydrogen) atoms. The number of rotatable bonds is 12. The van der Waals surface area contributed by atoms with Gasteiger partial charge in [0.05, 0.1) is 9.79 Å². The molecule has 0 spiro atoms. The van der Waals surface area contributed by atoms with E-state index in [1.54, 1.807) is 0 Å². The molecule has 2 rings (SSSR count). The van der Waals surface area contributed by atoms with Crippen LogP contribution < -0.4 is 0 Å². The van der Waals surface area contributed by atoms with Gasteiger partial charge in [0.2, 0.25) is 19.7 Å². The SMILES string of the molecule is CCCCCC(C([N+](=O)[O-])S(=O)(=O)c1ccccc1)C([N+](=O)[O-])S(=O)(=O)c1ccccc1. The fraction of sp³-hybridized carbons (Fsp3) is 0.400. The molecule has 0 saturated heterocycles. The van der Waals surface area contributed by atoms with E-state index in [-0.39, 0.29) is 12.8 Å². The number of hydrogen-bond donors (Lipinski definition) is 0. The standard InChI is InChI=1S/C20H24N2O8S2/c1-2-3-6-15-18(19(21(23)24)31(27,28)16-11-7-4-8-12-16)20(22(25)26)32(29,30)17-13-9-5-10-14-17/h4-5,7-14,18-20H,2-3,6,15H2,1H3. The molecule has 2 unspecified atom stereocenters. The molecule has 0 radical (unpaired) electrons. The molecular weight excluding hydrogens is 460 g/mol. The molecule has 12 heteroatoms. The first kappa shape index (κ1) is 25.4. The van der Waals surface area contributed by atoms with Crippen LogP contribution in [0.15, 0.2) is 70.5 Å². The highest BCUT2D eigenvalue weighted by Gasteiger charge is 2.57. The third-order valence-corrected chi connectivity index (χ3v) is 9.24. The van der Waals surface area contributed by atoms with Crippen LogP contribution in [-0.2, 0) is 19.7 Å². The highest BCUT2D eigenvalue weighted by atomic mass is 32.2. The molecule has 0 aliphatic heterocycles. The van der Waals surface area contributed by atoms with Gasteiger partial charge in [-0.25, -0.2) is 16.8 Å². The van der Waals surface area contributed by atoms with Gasteiger partial charge in [-0.15, -0.1) is 0 Å². The monoisotopic (exact) mass is 484 g/mol.